The van der Waals surface area contributed by atoms with Gasteiger partial charge in [-0.25, -0.2) is 0 Å². The highest BCUT2D eigenvalue weighted by molar-refractivity contribution is 8.02. The van der Waals surface area contributed by atoms with Crippen molar-refractivity contribution in [2.75, 3.05) is 19.8 Å². The zero-order chi connectivity index (χ0) is 29.6. The summed E-state index contributed by atoms with van der Waals surface area (Å²) in [5, 5.41) is 10.7. The highest BCUT2D eigenvalue weighted by atomic mass is 32.2. The molecule has 2 bridgehead atoms. The number of carbonyl (C=O) groups excluding carboxylic acids is 3. The van der Waals surface area contributed by atoms with Crippen molar-refractivity contribution in [1.29, 1.82) is 0 Å². The van der Waals surface area contributed by atoms with Gasteiger partial charge in [-0.05, 0) is 50.5 Å². The number of aliphatic hydroxyl groups excluding tert-OH is 1. The van der Waals surface area contributed by atoms with Gasteiger partial charge < -0.3 is 19.6 Å². The number of esters is 1. The first-order chi connectivity index (χ1) is 18.7. The van der Waals surface area contributed by atoms with E-state index in [4.69, 9.17) is 4.74 Å². The van der Waals surface area contributed by atoms with Gasteiger partial charge in [0.05, 0.1) is 35.8 Å². The Balaban J connectivity index is 1.90. The van der Waals surface area contributed by atoms with E-state index in [1.54, 1.807) is 29.7 Å². The molecule has 8 heteroatoms. The summed E-state index contributed by atoms with van der Waals surface area (Å²) in [5.74, 6) is -2.03. The van der Waals surface area contributed by atoms with Crippen LogP contribution >= 0.6 is 11.8 Å². The average Bonchev–Trinajstić information content (AvgIpc) is 3.46. The molecule has 1 aromatic carbocycles. The molecular formula is C32H46N2O5S. The number of carbonyl (C=O) groups is 3. The van der Waals surface area contributed by atoms with Crippen LogP contribution in [0.4, 0.5) is 0 Å². The number of fused-ring (bicyclic) bond motifs is 1. The molecule has 7 nitrogen and oxygen atoms in total. The molecule has 40 heavy (non-hydrogen) atoms. The van der Waals surface area contributed by atoms with E-state index in [1.807, 2.05) is 35.2 Å². The molecular weight excluding hydrogens is 524 g/mol. The molecule has 3 fully saturated rings. The standard InChI is InChI=1S/C32H46N2O5S/c1-9-16-33(31(7,8)19-30(4,5)6)28(37)26-32-20(3)17-23(40-32)24(29(38)39-10-2)25(32)27(36)34(26)22(18-35)21-14-12-11-13-15-21/h9,11-15,20,22-26,35H,1,10,16-19H2,2-8H3/t20?,22-,23+,24-,25+,26?,32?/m1/s1. The van der Waals surface area contributed by atoms with Gasteiger partial charge in [-0.2, -0.15) is 0 Å². The van der Waals surface area contributed by atoms with E-state index >= 15 is 4.79 Å². The maximum absolute atomic E-state index is 15.0. The van der Waals surface area contributed by atoms with E-state index in [9.17, 15) is 14.7 Å². The monoisotopic (exact) mass is 570 g/mol. The third-order valence-electron chi connectivity index (χ3n) is 8.94. The van der Waals surface area contributed by atoms with Crippen LogP contribution in [0.5, 0.6) is 0 Å². The minimum atomic E-state index is -0.842. The van der Waals surface area contributed by atoms with E-state index in [0.717, 1.165) is 18.4 Å². The Labute approximate surface area is 243 Å². The topological polar surface area (TPSA) is 87.2 Å². The lowest BCUT2D eigenvalue weighted by Crippen LogP contribution is -2.61. The Morgan fingerprint density at radius 1 is 1.25 bits per heavy atom. The molecule has 0 aromatic heterocycles. The molecule has 0 aliphatic carbocycles. The molecule has 1 spiro atoms. The van der Waals surface area contributed by atoms with Gasteiger partial charge in [0.15, 0.2) is 0 Å². The van der Waals surface area contributed by atoms with Crippen LogP contribution in [-0.2, 0) is 19.1 Å². The Kier molecular flexibility index (Phi) is 8.55. The van der Waals surface area contributed by atoms with E-state index in [0.29, 0.717) is 6.54 Å². The van der Waals surface area contributed by atoms with Crippen LogP contribution in [0.1, 0.15) is 72.9 Å². The number of benzene rings is 1. The van der Waals surface area contributed by atoms with Crippen molar-refractivity contribution in [3.63, 3.8) is 0 Å². The zero-order valence-corrected chi connectivity index (χ0v) is 25.9. The summed E-state index contributed by atoms with van der Waals surface area (Å²) in [6.07, 6.45) is 3.22. The Bertz CT molecular complexity index is 1130. The number of hydrogen-bond donors (Lipinski definition) is 1. The number of aliphatic hydroxyl groups is 1. The molecule has 3 unspecified atom stereocenters. The Morgan fingerprint density at radius 3 is 2.45 bits per heavy atom. The van der Waals surface area contributed by atoms with Crippen LogP contribution in [0.15, 0.2) is 43.0 Å². The summed E-state index contributed by atoms with van der Waals surface area (Å²) >= 11 is 1.63. The molecule has 3 aliphatic rings. The lowest BCUT2D eigenvalue weighted by Gasteiger charge is -2.47. The van der Waals surface area contributed by atoms with E-state index < -0.39 is 34.2 Å². The molecule has 7 atom stereocenters. The predicted octanol–water partition coefficient (Wildman–Crippen LogP) is 4.85. The van der Waals surface area contributed by atoms with E-state index in [-0.39, 0.29) is 47.6 Å². The maximum Gasteiger partial charge on any atom is 0.310 e. The number of likely N-dealkylation sites (tertiary alicyclic amines) is 1. The highest BCUT2D eigenvalue weighted by Gasteiger charge is 2.77. The van der Waals surface area contributed by atoms with Gasteiger partial charge in [0.25, 0.3) is 0 Å². The van der Waals surface area contributed by atoms with Crippen molar-refractivity contribution in [1.82, 2.24) is 9.80 Å². The van der Waals surface area contributed by atoms with Crippen LogP contribution in [-0.4, -0.2) is 74.0 Å². The number of amides is 2. The molecule has 3 saturated heterocycles. The van der Waals surface area contributed by atoms with Gasteiger partial charge >= 0.3 is 5.97 Å². The van der Waals surface area contributed by atoms with Gasteiger partial charge in [0.2, 0.25) is 11.8 Å². The molecule has 220 valence electrons. The fourth-order valence-electron chi connectivity index (χ4n) is 7.92. The molecule has 0 saturated carbocycles. The van der Waals surface area contributed by atoms with Crippen molar-refractivity contribution in [2.45, 2.75) is 88.9 Å². The molecule has 3 aliphatic heterocycles. The number of hydrogen-bond acceptors (Lipinski definition) is 6. The van der Waals surface area contributed by atoms with E-state index in [1.165, 1.54) is 0 Å². The third-order valence-corrected chi connectivity index (χ3v) is 11.0. The summed E-state index contributed by atoms with van der Waals surface area (Å²) in [7, 11) is 0. The smallest absolute Gasteiger partial charge is 0.310 e. The first-order valence-electron chi connectivity index (χ1n) is 14.5. The summed E-state index contributed by atoms with van der Waals surface area (Å²) < 4.78 is 4.69. The zero-order valence-electron chi connectivity index (χ0n) is 25.1. The minimum absolute atomic E-state index is 0.0208. The number of nitrogens with zero attached hydrogens (tertiary/aromatic N) is 2. The summed E-state index contributed by atoms with van der Waals surface area (Å²) in [6, 6.07) is 7.83. The number of thioether (sulfide) groups is 1. The van der Waals surface area contributed by atoms with Crippen molar-refractivity contribution in [3.8, 4) is 0 Å². The van der Waals surface area contributed by atoms with Gasteiger partial charge in [0, 0.05) is 17.3 Å². The molecule has 1 aromatic rings. The normalized spacial score (nSPS) is 30.2. The van der Waals surface area contributed by atoms with Crippen molar-refractivity contribution in [3.05, 3.63) is 48.6 Å². The van der Waals surface area contributed by atoms with Crippen molar-refractivity contribution >= 4 is 29.5 Å². The Morgan fingerprint density at radius 2 is 1.90 bits per heavy atom. The lowest BCUT2D eigenvalue weighted by atomic mass is 9.66. The third kappa shape index (κ3) is 5.00. The molecule has 1 N–H and O–H groups in total. The first kappa shape index (κ1) is 30.6. The maximum atomic E-state index is 15.0. The van der Waals surface area contributed by atoms with Crippen LogP contribution in [0.3, 0.4) is 0 Å². The van der Waals surface area contributed by atoms with Crippen LogP contribution in [0.2, 0.25) is 0 Å². The first-order valence-corrected chi connectivity index (χ1v) is 15.4. The van der Waals surface area contributed by atoms with Gasteiger partial charge in [-0.1, -0.05) is 64.1 Å². The van der Waals surface area contributed by atoms with Crippen LogP contribution < -0.4 is 0 Å². The van der Waals surface area contributed by atoms with Gasteiger partial charge in [0.1, 0.15) is 6.04 Å². The second-order valence-electron chi connectivity index (χ2n) is 13.4. The van der Waals surface area contributed by atoms with Crippen LogP contribution in [0.25, 0.3) is 0 Å². The second kappa shape index (κ2) is 11.2. The summed E-state index contributed by atoms with van der Waals surface area (Å²) in [6.45, 7) is 18.7. The molecule has 3 heterocycles. The van der Waals surface area contributed by atoms with E-state index in [2.05, 4.69) is 48.1 Å². The molecule has 2 amide bonds. The van der Waals surface area contributed by atoms with Gasteiger partial charge in [-0.3, -0.25) is 14.4 Å². The SMILES string of the molecule is C=CCN(C(=O)C1N([C@H](CO)c2ccccc2)C(=O)[C@@H]2[C@H](C(=O)OCC)[C@@H]3CC(C)C12S3)C(C)(C)CC(C)(C)C. The quantitative estimate of drug-likeness (QED) is 0.320. The fraction of sp³-hybridized carbons (Fsp3) is 0.656. The van der Waals surface area contributed by atoms with Crippen LogP contribution in [0, 0.1) is 23.2 Å². The fourth-order valence-corrected chi connectivity index (χ4v) is 10.3. The van der Waals surface area contributed by atoms with Crippen molar-refractivity contribution < 1.29 is 24.2 Å². The summed E-state index contributed by atoms with van der Waals surface area (Å²) in [5.41, 5.74) is 0.187. The summed E-state index contributed by atoms with van der Waals surface area (Å²) in [4.78, 5) is 46.4. The second-order valence-corrected chi connectivity index (χ2v) is 15.0. The Hall–Kier alpha value is -2.32. The predicted molar refractivity (Wildman–Crippen MR) is 158 cm³/mol. The number of ether oxygens (including phenoxy) is 1. The molecule has 4 rings (SSSR count). The van der Waals surface area contributed by atoms with Gasteiger partial charge in [-0.15, -0.1) is 18.3 Å². The number of rotatable bonds is 10. The van der Waals surface area contributed by atoms with Crippen molar-refractivity contribution in [2.24, 2.45) is 23.2 Å². The minimum Gasteiger partial charge on any atom is -0.466 e. The highest BCUT2D eigenvalue weighted by Crippen LogP contribution is 2.69. The average molecular weight is 571 g/mol. The largest absolute Gasteiger partial charge is 0.466 e. The molecule has 0 radical (unpaired) electrons. The lowest BCUT2D eigenvalue weighted by molar-refractivity contribution is -0.154.